The molecule has 0 spiro atoms. The number of hydrogen-bond acceptors (Lipinski definition) is 1. The summed E-state index contributed by atoms with van der Waals surface area (Å²) in [6, 6.07) is 7.61. The van der Waals surface area contributed by atoms with Gasteiger partial charge in [-0.15, -0.1) is 0 Å². The Morgan fingerprint density at radius 2 is 1.85 bits per heavy atom. The topological polar surface area (TPSA) is 37.8 Å². The smallest absolute Gasteiger partial charge is 0.306 e. The third-order valence-electron chi connectivity index (χ3n) is 1.81. The molecule has 3 nitrogen and oxygen atoms in total. The van der Waals surface area contributed by atoms with Crippen LogP contribution in [0.15, 0.2) is 29.1 Å². The first kappa shape index (κ1) is 9.58. The molecule has 0 atom stereocenters. The van der Waals surface area contributed by atoms with E-state index in [2.05, 4.69) is 4.98 Å². The second kappa shape index (κ2) is 3.94. The van der Waals surface area contributed by atoms with Crippen LogP contribution in [0, 0.1) is 0 Å². The van der Waals surface area contributed by atoms with Crippen molar-refractivity contribution in [1.29, 1.82) is 0 Å². The molecule has 0 bridgehead atoms. The molecule has 0 unspecified atom stereocenters. The number of hydrogen-bond donors (Lipinski definition) is 1. The van der Waals surface area contributed by atoms with Crippen molar-refractivity contribution >= 4 is 11.0 Å². The molecule has 1 N–H and O–H groups in total. The first-order valence-electron chi connectivity index (χ1n) is 4.43. The number of rotatable bonds is 0. The van der Waals surface area contributed by atoms with Crippen LogP contribution in [-0.4, -0.2) is 9.55 Å². The molecule has 1 aromatic carbocycles. The molecule has 0 saturated carbocycles. The Morgan fingerprint density at radius 3 is 2.46 bits per heavy atom. The lowest BCUT2D eigenvalue weighted by molar-refractivity contribution is 0.891. The van der Waals surface area contributed by atoms with Crippen LogP contribution in [0.5, 0.6) is 0 Å². The van der Waals surface area contributed by atoms with E-state index in [4.69, 9.17) is 0 Å². The zero-order chi connectivity index (χ0) is 9.84. The first-order valence-corrected chi connectivity index (χ1v) is 4.43. The van der Waals surface area contributed by atoms with E-state index >= 15 is 0 Å². The minimum absolute atomic E-state index is 0.0637. The summed E-state index contributed by atoms with van der Waals surface area (Å²) in [5, 5.41) is 0. The summed E-state index contributed by atoms with van der Waals surface area (Å²) in [4.78, 5) is 13.8. The highest BCUT2D eigenvalue weighted by molar-refractivity contribution is 5.74. The number of aryl methyl sites for hydroxylation is 1. The van der Waals surface area contributed by atoms with Crippen molar-refractivity contribution in [3.8, 4) is 0 Å². The number of aromatic nitrogens is 2. The molecular formula is C10H14N2O. The zero-order valence-electron chi connectivity index (χ0n) is 8.16. The van der Waals surface area contributed by atoms with E-state index in [1.807, 2.05) is 38.1 Å². The van der Waals surface area contributed by atoms with Gasteiger partial charge >= 0.3 is 5.69 Å². The van der Waals surface area contributed by atoms with Crippen molar-refractivity contribution in [2.24, 2.45) is 7.05 Å². The van der Waals surface area contributed by atoms with Crippen LogP contribution in [0.4, 0.5) is 0 Å². The fourth-order valence-electron chi connectivity index (χ4n) is 1.18. The SMILES string of the molecule is CC.Cn1c(=O)[nH]c2ccccc21. The third kappa shape index (κ3) is 1.64. The Labute approximate surface area is 77.0 Å². The van der Waals surface area contributed by atoms with Crippen molar-refractivity contribution < 1.29 is 0 Å². The van der Waals surface area contributed by atoms with Crippen LogP contribution in [0.25, 0.3) is 11.0 Å². The minimum Gasteiger partial charge on any atom is -0.306 e. The van der Waals surface area contributed by atoms with Crippen molar-refractivity contribution in [3.63, 3.8) is 0 Å². The Kier molecular flexibility index (Phi) is 2.90. The molecule has 2 rings (SSSR count). The monoisotopic (exact) mass is 178 g/mol. The summed E-state index contributed by atoms with van der Waals surface area (Å²) >= 11 is 0. The van der Waals surface area contributed by atoms with Gasteiger partial charge < -0.3 is 4.98 Å². The third-order valence-corrected chi connectivity index (χ3v) is 1.81. The number of fused-ring (bicyclic) bond motifs is 1. The molecule has 0 aliphatic carbocycles. The van der Waals surface area contributed by atoms with Crippen molar-refractivity contribution in [1.82, 2.24) is 9.55 Å². The molecule has 0 aliphatic rings. The maximum absolute atomic E-state index is 11.0. The van der Waals surface area contributed by atoms with Crippen molar-refractivity contribution in [2.45, 2.75) is 13.8 Å². The molecule has 2 aromatic rings. The maximum Gasteiger partial charge on any atom is 0.326 e. The van der Waals surface area contributed by atoms with Gasteiger partial charge in [-0.1, -0.05) is 26.0 Å². The summed E-state index contributed by atoms with van der Waals surface area (Å²) in [6.45, 7) is 4.00. The van der Waals surface area contributed by atoms with Gasteiger partial charge in [-0.25, -0.2) is 4.79 Å². The van der Waals surface area contributed by atoms with Crippen LogP contribution in [0.1, 0.15) is 13.8 Å². The summed E-state index contributed by atoms with van der Waals surface area (Å²) < 4.78 is 1.59. The minimum atomic E-state index is -0.0637. The molecule has 13 heavy (non-hydrogen) atoms. The van der Waals surface area contributed by atoms with E-state index in [1.54, 1.807) is 11.6 Å². The first-order chi connectivity index (χ1) is 6.29. The van der Waals surface area contributed by atoms with Crippen LogP contribution in [-0.2, 0) is 7.05 Å². The van der Waals surface area contributed by atoms with E-state index in [1.165, 1.54) is 0 Å². The summed E-state index contributed by atoms with van der Waals surface area (Å²) in [5.41, 5.74) is 1.77. The Balaban J connectivity index is 0.000000396. The highest BCUT2D eigenvalue weighted by Crippen LogP contribution is 2.06. The number of nitrogens with zero attached hydrogens (tertiary/aromatic N) is 1. The highest BCUT2D eigenvalue weighted by atomic mass is 16.1. The summed E-state index contributed by atoms with van der Waals surface area (Å²) in [5.74, 6) is 0. The number of aromatic amines is 1. The second-order valence-corrected chi connectivity index (χ2v) is 2.51. The zero-order valence-corrected chi connectivity index (χ0v) is 8.16. The van der Waals surface area contributed by atoms with Gasteiger partial charge in [0.25, 0.3) is 0 Å². The highest BCUT2D eigenvalue weighted by Gasteiger charge is 1.98. The molecule has 3 heteroatoms. The van der Waals surface area contributed by atoms with Gasteiger partial charge in [0.1, 0.15) is 0 Å². The van der Waals surface area contributed by atoms with Gasteiger partial charge in [-0.3, -0.25) is 4.57 Å². The van der Waals surface area contributed by atoms with Crippen molar-refractivity contribution in [2.75, 3.05) is 0 Å². The van der Waals surface area contributed by atoms with Crippen LogP contribution < -0.4 is 5.69 Å². The quantitative estimate of drug-likeness (QED) is 0.657. The second-order valence-electron chi connectivity index (χ2n) is 2.51. The number of benzene rings is 1. The number of H-pyrrole nitrogens is 1. The lowest BCUT2D eigenvalue weighted by atomic mass is 10.3. The van der Waals surface area contributed by atoms with E-state index < -0.39 is 0 Å². The lowest BCUT2D eigenvalue weighted by Gasteiger charge is -1.89. The Bertz CT molecular complexity index is 439. The summed E-state index contributed by atoms with van der Waals surface area (Å²) in [6.07, 6.45) is 0. The van der Waals surface area contributed by atoms with Gasteiger partial charge in [0, 0.05) is 7.05 Å². The summed E-state index contributed by atoms with van der Waals surface area (Å²) in [7, 11) is 1.75. The standard InChI is InChI=1S/C8H8N2O.C2H6/c1-10-7-5-3-2-4-6(7)9-8(10)11;1-2/h2-5H,1H3,(H,9,11);1-2H3. The van der Waals surface area contributed by atoms with Crippen LogP contribution in [0.2, 0.25) is 0 Å². The number of para-hydroxylation sites is 2. The van der Waals surface area contributed by atoms with E-state index in [0.717, 1.165) is 11.0 Å². The van der Waals surface area contributed by atoms with Gasteiger partial charge in [-0.2, -0.15) is 0 Å². The predicted octanol–water partition coefficient (Wildman–Crippen LogP) is 1.89. The molecular weight excluding hydrogens is 164 g/mol. The molecule has 0 saturated heterocycles. The number of imidazole rings is 1. The van der Waals surface area contributed by atoms with E-state index in [-0.39, 0.29) is 5.69 Å². The molecule has 0 fully saturated rings. The average molecular weight is 178 g/mol. The van der Waals surface area contributed by atoms with E-state index in [9.17, 15) is 4.79 Å². The van der Waals surface area contributed by atoms with Gasteiger partial charge in [0.15, 0.2) is 0 Å². The van der Waals surface area contributed by atoms with Gasteiger partial charge in [0.2, 0.25) is 0 Å². The fraction of sp³-hybridized carbons (Fsp3) is 0.300. The normalized spacial score (nSPS) is 9.46. The molecule has 0 radical (unpaired) electrons. The van der Waals surface area contributed by atoms with Crippen LogP contribution in [0.3, 0.4) is 0 Å². The Hall–Kier alpha value is -1.51. The number of nitrogens with one attached hydrogen (secondary N) is 1. The average Bonchev–Trinajstić information content (AvgIpc) is 2.47. The molecule has 70 valence electrons. The lowest BCUT2D eigenvalue weighted by Crippen LogP contribution is -2.11. The maximum atomic E-state index is 11.0. The molecule has 1 aromatic heterocycles. The van der Waals surface area contributed by atoms with Crippen LogP contribution >= 0.6 is 0 Å². The predicted molar refractivity (Wildman–Crippen MR) is 54.9 cm³/mol. The molecule has 0 amide bonds. The van der Waals surface area contributed by atoms with E-state index in [0.29, 0.717) is 0 Å². The van der Waals surface area contributed by atoms with Crippen molar-refractivity contribution in [3.05, 3.63) is 34.7 Å². The Morgan fingerprint density at radius 1 is 1.23 bits per heavy atom. The molecule has 1 heterocycles. The fourth-order valence-corrected chi connectivity index (χ4v) is 1.18. The van der Waals surface area contributed by atoms with Gasteiger partial charge in [0.05, 0.1) is 11.0 Å². The largest absolute Gasteiger partial charge is 0.326 e. The van der Waals surface area contributed by atoms with Gasteiger partial charge in [-0.05, 0) is 12.1 Å². The molecule has 0 aliphatic heterocycles.